The molecule has 2 unspecified atom stereocenters. The average Bonchev–Trinajstić information content (AvgIpc) is 2.90. The second-order valence-electron chi connectivity index (χ2n) is 4.78. The number of thioether (sulfide) groups is 1. The molecule has 104 valence electrons. The van der Waals surface area contributed by atoms with E-state index in [1.807, 2.05) is 48.5 Å². The number of aliphatic hydroxyl groups excluding tert-OH is 1. The quantitative estimate of drug-likeness (QED) is 0.871. The van der Waals surface area contributed by atoms with Gasteiger partial charge in [0, 0.05) is 17.1 Å². The van der Waals surface area contributed by atoms with Crippen LogP contribution in [0.15, 0.2) is 53.4 Å². The highest BCUT2D eigenvalue weighted by Crippen LogP contribution is 2.32. The third kappa shape index (κ3) is 2.95. The van der Waals surface area contributed by atoms with Crippen molar-refractivity contribution >= 4 is 23.4 Å². The number of halogens is 1. The van der Waals surface area contributed by atoms with Gasteiger partial charge in [-0.15, -0.1) is 11.8 Å². The van der Waals surface area contributed by atoms with Crippen LogP contribution < -0.4 is 4.74 Å². The van der Waals surface area contributed by atoms with E-state index in [-0.39, 0.29) is 6.10 Å². The Balaban J connectivity index is 1.59. The van der Waals surface area contributed by atoms with Crippen molar-refractivity contribution in [1.82, 2.24) is 0 Å². The zero-order valence-electron chi connectivity index (χ0n) is 10.8. The van der Waals surface area contributed by atoms with Gasteiger partial charge in [-0.1, -0.05) is 41.9 Å². The Kier molecular flexibility index (Phi) is 4.20. The van der Waals surface area contributed by atoms with Gasteiger partial charge < -0.3 is 9.84 Å². The monoisotopic (exact) mass is 306 g/mol. The first-order valence-corrected chi connectivity index (χ1v) is 7.90. The van der Waals surface area contributed by atoms with Crippen molar-refractivity contribution in [3.05, 3.63) is 59.1 Å². The fourth-order valence-electron chi connectivity index (χ4n) is 2.27. The number of para-hydroxylation sites is 1. The lowest BCUT2D eigenvalue weighted by Gasteiger charge is -2.17. The largest absolute Gasteiger partial charge is 0.487 e. The Labute approximate surface area is 127 Å². The van der Waals surface area contributed by atoms with Crippen LogP contribution in [-0.4, -0.2) is 23.1 Å². The van der Waals surface area contributed by atoms with Gasteiger partial charge in [-0.2, -0.15) is 0 Å². The smallest absolute Gasteiger partial charge is 0.129 e. The highest BCUT2D eigenvalue weighted by Gasteiger charge is 2.28. The second-order valence-corrected chi connectivity index (χ2v) is 6.25. The molecule has 2 aromatic carbocycles. The molecule has 0 spiro atoms. The van der Waals surface area contributed by atoms with E-state index in [1.54, 1.807) is 11.8 Å². The number of hydrogen-bond donors (Lipinski definition) is 1. The Morgan fingerprint density at radius 2 is 1.95 bits per heavy atom. The van der Waals surface area contributed by atoms with Crippen molar-refractivity contribution in [2.75, 3.05) is 5.75 Å². The minimum atomic E-state index is -0.510. The Morgan fingerprint density at radius 3 is 2.75 bits per heavy atom. The minimum absolute atomic E-state index is 0.164. The number of fused-ring (bicyclic) bond motifs is 1. The summed E-state index contributed by atoms with van der Waals surface area (Å²) >= 11 is 7.67. The molecular weight excluding hydrogens is 292 g/mol. The first-order valence-electron chi connectivity index (χ1n) is 6.54. The van der Waals surface area contributed by atoms with Crippen LogP contribution in [0, 0.1) is 0 Å². The van der Waals surface area contributed by atoms with E-state index < -0.39 is 6.10 Å². The molecule has 0 aromatic heterocycles. The van der Waals surface area contributed by atoms with Gasteiger partial charge in [-0.3, -0.25) is 0 Å². The number of benzene rings is 2. The molecule has 0 saturated heterocycles. The lowest BCUT2D eigenvalue weighted by atomic mass is 10.1. The maximum atomic E-state index is 10.3. The van der Waals surface area contributed by atoms with Gasteiger partial charge in [0.05, 0.1) is 5.02 Å². The van der Waals surface area contributed by atoms with E-state index in [4.69, 9.17) is 16.3 Å². The van der Waals surface area contributed by atoms with Crippen LogP contribution in [-0.2, 0) is 6.42 Å². The van der Waals surface area contributed by atoms with Gasteiger partial charge in [0.15, 0.2) is 0 Å². The van der Waals surface area contributed by atoms with E-state index in [9.17, 15) is 5.11 Å². The maximum Gasteiger partial charge on any atom is 0.129 e. The van der Waals surface area contributed by atoms with Crippen LogP contribution in [0.1, 0.15) is 5.56 Å². The lowest BCUT2D eigenvalue weighted by Crippen LogP contribution is -2.32. The molecule has 2 nitrogen and oxygen atoms in total. The summed E-state index contributed by atoms with van der Waals surface area (Å²) in [5.74, 6) is 1.46. The Hall–Kier alpha value is -1.16. The molecule has 2 atom stereocenters. The van der Waals surface area contributed by atoms with Gasteiger partial charge >= 0.3 is 0 Å². The number of rotatable bonds is 4. The van der Waals surface area contributed by atoms with E-state index >= 15 is 0 Å². The molecular formula is C16H15ClO2S. The first kappa shape index (κ1) is 13.8. The van der Waals surface area contributed by atoms with Gasteiger partial charge in [0.25, 0.3) is 0 Å². The molecule has 4 heteroatoms. The van der Waals surface area contributed by atoms with Gasteiger partial charge in [-0.05, 0) is 23.8 Å². The van der Waals surface area contributed by atoms with Crippen LogP contribution in [0.2, 0.25) is 5.02 Å². The van der Waals surface area contributed by atoms with E-state index in [2.05, 4.69) is 0 Å². The first-order chi connectivity index (χ1) is 9.74. The molecule has 0 saturated carbocycles. The SMILES string of the molecule is OC(CSc1ccccc1Cl)C1Cc2ccccc2O1. The molecule has 3 rings (SSSR count). The normalized spacial score (nSPS) is 18.4. The lowest BCUT2D eigenvalue weighted by molar-refractivity contribution is 0.0665. The fourth-order valence-corrected chi connectivity index (χ4v) is 3.51. The van der Waals surface area contributed by atoms with Crippen LogP contribution >= 0.6 is 23.4 Å². The zero-order valence-corrected chi connectivity index (χ0v) is 12.4. The summed E-state index contributed by atoms with van der Waals surface area (Å²) in [6, 6.07) is 15.6. The maximum absolute atomic E-state index is 10.3. The van der Waals surface area contributed by atoms with E-state index in [1.165, 1.54) is 5.56 Å². The van der Waals surface area contributed by atoms with E-state index in [0.717, 1.165) is 22.1 Å². The third-order valence-corrected chi connectivity index (χ3v) is 4.96. The Bertz CT molecular complexity index is 578. The predicted octanol–water partition coefficient (Wildman–Crippen LogP) is 3.80. The highest BCUT2D eigenvalue weighted by atomic mass is 35.5. The van der Waals surface area contributed by atoms with Gasteiger partial charge in [0.1, 0.15) is 18.0 Å². The van der Waals surface area contributed by atoms with Crippen molar-refractivity contribution in [2.45, 2.75) is 23.5 Å². The van der Waals surface area contributed by atoms with E-state index in [0.29, 0.717) is 5.75 Å². The number of ether oxygens (including phenoxy) is 1. The van der Waals surface area contributed by atoms with Crippen molar-refractivity contribution in [3.8, 4) is 5.75 Å². The molecule has 0 bridgehead atoms. The van der Waals surface area contributed by atoms with Crippen molar-refractivity contribution in [1.29, 1.82) is 0 Å². The predicted molar refractivity (Wildman–Crippen MR) is 82.7 cm³/mol. The molecule has 1 aliphatic rings. The summed E-state index contributed by atoms with van der Waals surface area (Å²) in [5.41, 5.74) is 1.17. The molecule has 0 radical (unpaired) electrons. The summed E-state index contributed by atoms with van der Waals surface area (Å²) < 4.78 is 5.79. The summed E-state index contributed by atoms with van der Waals surface area (Å²) in [6.07, 6.45) is 0.0894. The zero-order chi connectivity index (χ0) is 13.9. The molecule has 1 N–H and O–H groups in total. The average molecular weight is 307 g/mol. The topological polar surface area (TPSA) is 29.5 Å². The van der Waals surface area contributed by atoms with Gasteiger partial charge in [-0.25, -0.2) is 0 Å². The van der Waals surface area contributed by atoms with Crippen LogP contribution in [0.25, 0.3) is 0 Å². The van der Waals surface area contributed by atoms with Crippen molar-refractivity contribution in [3.63, 3.8) is 0 Å². The highest BCUT2D eigenvalue weighted by molar-refractivity contribution is 7.99. The Morgan fingerprint density at radius 1 is 1.20 bits per heavy atom. The minimum Gasteiger partial charge on any atom is -0.487 e. The van der Waals surface area contributed by atoms with Crippen molar-refractivity contribution < 1.29 is 9.84 Å². The number of aliphatic hydroxyl groups is 1. The second kappa shape index (κ2) is 6.08. The van der Waals surface area contributed by atoms with Crippen LogP contribution in [0.3, 0.4) is 0 Å². The number of hydrogen-bond acceptors (Lipinski definition) is 3. The van der Waals surface area contributed by atoms with Crippen LogP contribution in [0.5, 0.6) is 5.75 Å². The molecule has 0 amide bonds. The molecule has 2 aromatic rings. The molecule has 0 aliphatic carbocycles. The summed E-state index contributed by atoms with van der Waals surface area (Å²) in [5, 5.41) is 11.0. The molecule has 0 fully saturated rings. The fraction of sp³-hybridized carbons (Fsp3) is 0.250. The molecule has 1 aliphatic heterocycles. The van der Waals surface area contributed by atoms with Crippen LogP contribution in [0.4, 0.5) is 0 Å². The summed E-state index contributed by atoms with van der Waals surface area (Å²) in [6.45, 7) is 0. The third-order valence-electron chi connectivity index (χ3n) is 3.35. The molecule has 1 heterocycles. The molecule has 20 heavy (non-hydrogen) atoms. The summed E-state index contributed by atoms with van der Waals surface area (Å²) in [4.78, 5) is 0.990. The van der Waals surface area contributed by atoms with Gasteiger partial charge in [0.2, 0.25) is 0 Å². The van der Waals surface area contributed by atoms with Crippen molar-refractivity contribution in [2.24, 2.45) is 0 Å². The standard InChI is InChI=1S/C16H15ClO2S/c17-12-6-2-4-8-16(12)20-10-13(18)15-9-11-5-1-3-7-14(11)19-15/h1-8,13,15,18H,9-10H2. The summed E-state index contributed by atoms with van der Waals surface area (Å²) in [7, 11) is 0.